The molecule has 0 aliphatic rings. The minimum Gasteiger partial charge on any atom is -0.493 e. The van der Waals surface area contributed by atoms with Gasteiger partial charge in [-0.2, -0.15) is 0 Å². The molecule has 0 N–H and O–H groups in total. The zero-order chi connectivity index (χ0) is 10.4. The summed E-state index contributed by atoms with van der Waals surface area (Å²) in [6, 6.07) is 5.23. The van der Waals surface area contributed by atoms with Gasteiger partial charge in [0.1, 0.15) is 6.61 Å². The molecular weight excluding hydrogens is 186 g/mol. The smallest absolute Gasteiger partial charge is 0.161 e. The third-order valence-electron chi connectivity index (χ3n) is 1.73. The van der Waals surface area contributed by atoms with Gasteiger partial charge in [-0.3, -0.25) is 0 Å². The van der Waals surface area contributed by atoms with Crippen LogP contribution in [0.4, 0.5) is 0 Å². The maximum atomic E-state index is 9.73. The summed E-state index contributed by atoms with van der Waals surface area (Å²) >= 11 is 0. The summed E-state index contributed by atoms with van der Waals surface area (Å²) in [6.45, 7) is 0.129. The van der Waals surface area contributed by atoms with Crippen LogP contribution in [-0.2, 0) is 11.4 Å². The molecule has 0 aliphatic carbocycles. The predicted octanol–water partition coefficient (Wildman–Crippen LogP) is 1.90. The van der Waals surface area contributed by atoms with Crippen molar-refractivity contribution in [2.24, 2.45) is 5.34 Å². The molecule has 0 saturated carbocycles. The molecule has 5 heteroatoms. The third-order valence-corrected chi connectivity index (χ3v) is 1.73. The first-order valence-corrected chi connectivity index (χ1v) is 3.97. The predicted molar refractivity (Wildman–Crippen MR) is 50.1 cm³/mol. The minimum atomic E-state index is 0.129. The Morgan fingerprint density at radius 3 is 2.50 bits per heavy atom. The largest absolute Gasteiger partial charge is 0.493 e. The van der Waals surface area contributed by atoms with Gasteiger partial charge in [0.15, 0.2) is 16.8 Å². The van der Waals surface area contributed by atoms with Crippen molar-refractivity contribution in [3.63, 3.8) is 0 Å². The Morgan fingerprint density at radius 2 is 1.93 bits per heavy atom. The zero-order valence-corrected chi connectivity index (χ0v) is 8.02. The summed E-state index contributed by atoms with van der Waals surface area (Å²) in [5, 5.41) is 2.31. The number of nitrogens with zero attached hydrogens (tertiary/aromatic N) is 1. The average molecular weight is 197 g/mol. The average Bonchev–Trinajstić information content (AvgIpc) is 2.25. The van der Waals surface area contributed by atoms with Crippen molar-refractivity contribution in [1.82, 2.24) is 0 Å². The molecule has 0 saturated heterocycles. The fraction of sp³-hybridized carbons (Fsp3) is 0.333. The molecule has 1 aromatic carbocycles. The van der Waals surface area contributed by atoms with Gasteiger partial charge < -0.3 is 14.3 Å². The van der Waals surface area contributed by atoms with Gasteiger partial charge in [-0.05, 0) is 17.7 Å². The maximum absolute atomic E-state index is 9.73. The Hall–Kier alpha value is -1.78. The molecule has 0 unspecified atom stereocenters. The van der Waals surface area contributed by atoms with Crippen molar-refractivity contribution in [3.05, 3.63) is 28.7 Å². The molecular formula is C9H11NO4. The van der Waals surface area contributed by atoms with Crippen LogP contribution in [0.1, 0.15) is 5.56 Å². The van der Waals surface area contributed by atoms with Crippen LogP contribution in [0.5, 0.6) is 11.5 Å². The summed E-state index contributed by atoms with van der Waals surface area (Å²) in [5.41, 5.74) is 0.794. The van der Waals surface area contributed by atoms with Gasteiger partial charge in [-0.15, -0.1) is 4.91 Å². The lowest BCUT2D eigenvalue weighted by Gasteiger charge is -2.08. The quantitative estimate of drug-likeness (QED) is 0.534. The van der Waals surface area contributed by atoms with Gasteiger partial charge in [0.25, 0.3) is 0 Å². The molecule has 0 aliphatic heterocycles. The maximum Gasteiger partial charge on any atom is 0.161 e. The number of hydrogen-bond donors (Lipinski definition) is 0. The zero-order valence-electron chi connectivity index (χ0n) is 8.02. The molecule has 76 valence electrons. The van der Waals surface area contributed by atoms with Crippen molar-refractivity contribution >= 4 is 0 Å². The lowest BCUT2D eigenvalue weighted by Crippen LogP contribution is -1.93. The van der Waals surface area contributed by atoms with E-state index in [0.29, 0.717) is 11.5 Å². The fourth-order valence-electron chi connectivity index (χ4n) is 1.07. The monoisotopic (exact) mass is 197 g/mol. The van der Waals surface area contributed by atoms with E-state index in [1.165, 1.54) is 0 Å². The van der Waals surface area contributed by atoms with E-state index in [9.17, 15) is 4.91 Å². The highest BCUT2D eigenvalue weighted by atomic mass is 16.7. The second-order valence-electron chi connectivity index (χ2n) is 2.54. The second-order valence-corrected chi connectivity index (χ2v) is 2.54. The molecule has 0 bridgehead atoms. The SMILES string of the molecule is COc1ccc(CON=O)cc1OC. The summed E-state index contributed by atoms with van der Waals surface area (Å²) in [6.07, 6.45) is 0. The highest BCUT2D eigenvalue weighted by Gasteiger charge is 2.04. The highest BCUT2D eigenvalue weighted by Crippen LogP contribution is 2.27. The Balaban J connectivity index is 2.83. The van der Waals surface area contributed by atoms with Crippen LogP contribution >= 0.6 is 0 Å². The lowest BCUT2D eigenvalue weighted by atomic mass is 10.2. The molecule has 0 heterocycles. The van der Waals surface area contributed by atoms with Crippen LogP contribution in [0, 0.1) is 4.91 Å². The van der Waals surface area contributed by atoms with Gasteiger partial charge >= 0.3 is 0 Å². The fourth-order valence-corrected chi connectivity index (χ4v) is 1.07. The van der Waals surface area contributed by atoms with Crippen LogP contribution < -0.4 is 9.47 Å². The van der Waals surface area contributed by atoms with Gasteiger partial charge in [-0.25, -0.2) is 0 Å². The number of hydrogen-bond acceptors (Lipinski definition) is 5. The lowest BCUT2D eigenvalue weighted by molar-refractivity contribution is 0.125. The van der Waals surface area contributed by atoms with Crippen LogP contribution in [0.2, 0.25) is 0 Å². The molecule has 0 atom stereocenters. The Bertz CT molecular complexity index is 314. The first kappa shape index (κ1) is 10.3. The Morgan fingerprint density at radius 1 is 1.21 bits per heavy atom. The standard InChI is InChI=1S/C9H11NO4/c1-12-8-4-3-7(6-14-10-11)5-9(8)13-2/h3-5H,6H2,1-2H3. The van der Waals surface area contributed by atoms with E-state index >= 15 is 0 Å². The summed E-state index contributed by atoms with van der Waals surface area (Å²) in [4.78, 5) is 14.1. The number of methoxy groups -OCH3 is 2. The van der Waals surface area contributed by atoms with Crippen molar-refractivity contribution in [1.29, 1.82) is 0 Å². The number of rotatable bonds is 5. The minimum absolute atomic E-state index is 0.129. The van der Waals surface area contributed by atoms with Gasteiger partial charge in [0.2, 0.25) is 0 Å². The molecule has 1 rings (SSSR count). The molecule has 0 fully saturated rings. The molecule has 0 aromatic heterocycles. The molecule has 0 radical (unpaired) electrons. The molecule has 14 heavy (non-hydrogen) atoms. The van der Waals surface area contributed by atoms with Crippen molar-refractivity contribution in [2.75, 3.05) is 14.2 Å². The first-order chi connectivity index (χ1) is 6.81. The Kier molecular flexibility index (Phi) is 3.72. The van der Waals surface area contributed by atoms with E-state index in [2.05, 4.69) is 10.2 Å². The van der Waals surface area contributed by atoms with E-state index in [-0.39, 0.29) is 6.61 Å². The highest BCUT2D eigenvalue weighted by molar-refractivity contribution is 5.42. The molecule has 1 aromatic rings. The topological polar surface area (TPSA) is 57.1 Å². The first-order valence-electron chi connectivity index (χ1n) is 3.97. The molecule has 0 amide bonds. The van der Waals surface area contributed by atoms with Crippen LogP contribution in [-0.4, -0.2) is 14.2 Å². The van der Waals surface area contributed by atoms with Crippen LogP contribution in [0.3, 0.4) is 0 Å². The molecule has 5 nitrogen and oxygen atoms in total. The number of benzene rings is 1. The van der Waals surface area contributed by atoms with Crippen molar-refractivity contribution in [3.8, 4) is 11.5 Å². The third kappa shape index (κ3) is 2.35. The van der Waals surface area contributed by atoms with Crippen LogP contribution in [0.15, 0.2) is 23.5 Å². The molecule has 0 spiro atoms. The van der Waals surface area contributed by atoms with E-state index < -0.39 is 0 Å². The second kappa shape index (κ2) is 5.06. The summed E-state index contributed by atoms with van der Waals surface area (Å²) in [5.74, 6) is 1.23. The van der Waals surface area contributed by atoms with Crippen LogP contribution in [0.25, 0.3) is 0 Å². The Labute approximate surface area is 81.5 Å². The van der Waals surface area contributed by atoms with Crippen molar-refractivity contribution < 1.29 is 14.3 Å². The van der Waals surface area contributed by atoms with E-state index in [0.717, 1.165) is 5.56 Å². The normalized spacial score (nSPS) is 9.29. The van der Waals surface area contributed by atoms with Gasteiger partial charge in [-0.1, -0.05) is 6.07 Å². The van der Waals surface area contributed by atoms with E-state index in [4.69, 9.17) is 9.47 Å². The van der Waals surface area contributed by atoms with Crippen molar-refractivity contribution in [2.45, 2.75) is 6.61 Å². The number of ether oxygens (including phenoxy) is 2. The van der Waals surface area contributed by atoms with Gasteiger partial charge in [0, 0.05) is 0 Å². The summed E-state index contributed by atoms with van der Waals surface area (Å²) in [7, 11) is 3.10. The van der Waals surface area contributed by atoms with E-state index in [1.54, 1.807) is 32.4 Å². The summed E-state index contributed by atoms with van der Waals surface area (Å²) < 4.78 is 10.1. The van der Waals surface area contributed by atoms with Gasteiger partial charge in [0.05, 0.1) is 14.2 Å². The van der Waals surface area contributed by atoms with E-state index in [1.807, 2.05) is 0 Å².